The van der Waals surface area contributed by atoms with Crippen molar-refractivity contribution in [1.82, 2.24) is 14.7 Å². The average Bonchev–Trinajstić information content (AvgIpc) is 2.71. The van der Waals surface area contributed by atoms with E-state index in [0.29, 0.717) is 18.8 Å². The number of ether oxygens (including phenoxy) is 1. The van der Waals surface area contributed by atoms with Crippen molar-refractivity contribution in [3.05, 3.63) is 15.9 Å². The molecule has 5 nitrogen and oxygen atoms in total. The van der Waals surface area contributed by atoms with Crippen LogP contribution >= 0.6 is 15.9 Å². The quantitative estimate of drug-likeness (QED) is 0.787. The van der Waals surface area contributed by atoms with Crippen LogP contribution in [0.2, 0.25) is 0 Å². The topological polar surface area (TPSA) is 47.4 Å². The van der Waals surface area contributed by atoms with Gasteiger partial charge in [-0.25, -0.2) is 0 Å². The number of halogens is 4. The van der Waals surface area contributed by atoms with Crippen molar-refractivity contribution in [2.75, 3.05) is 13.1 Å². The molecule has 0 saturated carbocycles. The highest BCUT2D eigenvalue weighted by molar-refractivity contribution is 9.10. The van der Waals surface area contributed by atoms with Crippen LogP contribution in [0.5, 0.6) is 0 Å². The summed E-state index contributed by atoms with van der Waals surface area (Å²) in [6.45, 7) is 6.42. The van der Waals surface area contributed by atoms with E-state index in [2.05, 4.69) is 21.0 Å². The van der Waals surface area contributed by atoms with Gasteiger partial charge in [-0.15, -0.1) is 0 Å². The molecule has 2 heterocycles. The van der Waals surface area contributed by atoms with E-state index in [-0.39, 0.29) is 35.6 Å². The van der Waals surface area contributed by atoms with Gasteiger partial charge in [0.05, 0.1) is 28.9 Å². The van der Waals surface area contributed by atoms with Gasteiger partial charge < -0.3 is 9.64 Å². The molecule has 0 aliphatic carbocycles. The van der Waals surface area contributed by atoms with E-state index in [0.717, 1.165) is 0 Å². The first-order valence-electron chi connectivity index (χ1n) is 7.33. The second-order valence-corrected chi connectivity index (χ2v) is 6.57. The summed E-state index contributed by atoms with van der Waals surface area (Å²) in [5.74, 6) is -0.105. The number of amides is 1. The zero-order valence-electron chi connectivity index (χ0n) is 13.2. The van der Waals surface area contributed by atoms with Gasteiger partial charge in [-0.3, -0.25) is 9.48 Å². The summed E-state index contributed by atoms with van der Waals surface area (Å²) in [7, 11) is 0. The molecule has 1 aromatic rings. The molecule has 1 fully saturated rings. The van der Waals surface area contributed by atoms with E-state index in [9.17, 15) is 18.0 Å². The average molecular weight is 398 g/mol. The van der Waals surface area contributed by atoms with Crippen molar-refractivity contribution in [2.24, 2.45) is 0 Å². The first-order chi connectivity index (χ1) is 10.6. The molecular formula is C14H19BrF3N3O2. The third-order valence-corrected chi connectivity index (χ3v) is 4.66. The molecule has 0 spiro atoms. The molecule has 1 amide bonds. The van der Waals surface area contributed by atoms with E-state index in [1.54, 1.807) is 4.90 Å². The van der Waals surface area contributed by atoms with E-state index in [4.69, 9.17) is 4.74 Å². The van der Waals surface area contributed by atoms with E-state index < -0.39 is 11.9 Å². The van der Waals surface area contributed by atoms with Crippen LogP contribution < -0.4 is 0 Å². The van der Waals surface area contributed by atoms with Gasteiger partial charge in [0, 0.05) is 19.5 Å². The predicted octanol–water partition coefficient (Wildman–Crippen LogP) is 3.00. The minimum Gasteiger partial charge on any atom is -0.372 e. The Bertz CT molecular complexity index is 579. The summed E-state index contributed by atoms with van der Waals surface area (Å²) in [5, 5.41) is 3.58. The molecule has 1 aromatic heterocycles. The lowest BCUT2D eigenvalue weighted by molar-refractivity contribution is -0.143. The lowest BCUT2D eigenvalue weighted by Crippen LogP contribution is -2.48. The van der Waals surface area contributed by atoms with Crippen LogP contribution in [-0.2, 0) is 22.3 Å². The fraction of sp³-hybridized carbons (Fsp3) is 0.714. The number of aryl methyl sites for hydroxylation is 1. The highest BCUT2D eigenvalue weighted by Gasteiger charge is 2.38. The molecule has 2 atom stereocenters. The minimum atomic E-state index is -4.52. The summed E-state index contributed by atoms with van der Waals surface area (Å²) < 4.78 is 45.2. The van der Waals surface area contributed by atoms with Crippen molar-refractivity contribution < 1.29 is 22.7 Å². The molecule has 23 heavy (non-hydrogen) atoms. The summed E-state index contributed by atoms with van der Waals surface area (Å²) >= 11 is 2.92. The smallest absolute Gasteiger partial charge is 0.372 e. The second-order valence-electron chi connectivity index (χ2n) is 5.77. The molecular weight excluding hydrogens is 379 g/mol. The first-order valence-corrected chi connectivity index (χ1v) is 8.12. The second kappa shape index (κ2) is 6.80. The summed E-state index contributed by atoms with van der Waals surface area (Å²) in [5.41, 5.74) is -0.607. The normalized spacial score (nSPS) is 22.5. The fourth-order valence-corrected chi connectivity index (χ4v) is 3.17. The molecule has 0 bridgehead atoms. The maximum atomic E-state index is 12.8. The molecule has 9 heteroatoms. The Morgan fingerprint density at radius 1 is 1.35 bits per heavy atom. The summed E-state index contributed by atoms with van der Waals surface area (Å²) in [4.78, 5) is 13.9. The molecule has 0 unspecified atom stereocenters. The first kappa shape index (κ1) is 18.3. The van der Waals surface area contributed by atoms with Gasteiger partial charge in [-0.2, -0.15) is 18.3 Å². The SMILES string of the molecule is Cc1c(Br)c(C(F)(F)F)nn1CCC(=O)N1C[C@@H](C)O[C@H](C)C1. The van der Waals surface area contributed by atoms with Gasteiger partial charge in [-0.1, -0.05) is 0 Å². The maximum absolute atomic E-state index is 12.8. The lowest BCUT2D eigenvalue weighted by atomic mass is 10.2. The lowest BCUT2D eigenvalue weighted by Gasteiger charge is -2.35. The van der Waals surface area contributed by atoms with Crippen LogP contribution in [0.25, 0.3) is 0 Å². The monoisotopic (exact) mass is 397 g/mol. The van der Waals surface area contributed by atoms with Crippen LogP contribution in [0.4, 0.5) is 13.2 Å². The number of rotatable bonds is 3. The van der Waals surface area contributed by atoms with Gasteiger partial charge in [-0.05, 0) is 36.7 Å². The largest absolute Gasteiger partial charge is 0.436 e. The van der Waals surface area contributed by atoms with Gasteiger partial charge in [0.2, 0.25) is 5.91 Å². The Kier molecular flexibility index (Phi) is 5.40. The number of carbonyl (C=O) groups excluding carboxylic acids is 1. The van der Waals surface area contributed by atoms with Gasteiger partial charge >= 0.3 is 6.18 Å². The fourth-order valence-electron chi connectivity index (χ4n) is 2.66. The highest BCUT2D eigenvalue weighted by atomic mass is 79.9. The van der Waals surface area contributed by atoms with E-state index in [1.807, 2.05) is 13.8 Å². The number of aromatic nitrogens is 2. The molecule has 0 aromatic carbocycles. The van der Waals surface area contributed by atoms with Crippen molar-refractivity contribution in [3.8, 4) is 0 Å². The van der Waals surface area contributed by atoms with E-state index >= 15 is 0 Å². The molecule has 130 valence electrons. The summed E-state index contributed by atoms with van der Waals surface area (Å²) in [6, 6.07) is 0. The number of hydrogen-bond donors (Lipinski definition) is 0. The predicted molar refractivity (Wildman–Crippen MR) is 80.9 cm³/mol. The van der Waals surface area contributed by atoms with Gasteiger partial charge in [0.25, 0.3) is 0 Å². The molecule has 1 saturated heterocycles. The van der Waals surface area contributed by atoms with Crippen molar-refractivity contribution >= 4 is 21.8 Å². The van der Waals surface area contributed by atoms with Crippen molar-refractivity contribution in [1.29, 1.82) is 0 Å². The van der Waals surface area contributed by atoms with Crippen LogP contribution in [0, 0.1) is 6.92 Å². The molecule has 2 rings (SSSR count). The standard InChI is InChI=1S/C14H19BrF3N3O2/c1-8-6-20(7-9(2)23-8)11(22)4-5-21-10(3)12(15)13(19-21)14(16,17)18/h8-9H,4-7H2,1-3H3/t8-,9-/m1/s1. The highest BCUT2D eigenvalue weighted by Crippen LogP contribution is 2.35. The Morgan fingerprint density at radius 2 is 1.91 bits per heavy atom. The maximum Gasteiger partial charge on any atom is 0.436 e. The molecule has 0 radical (unpaired) electrons. The Morgan fingerprint density at radius 3 is 2.39 bits per heavy atom. The molecule has 1 aliphatic heterocycles. The van der Waals surface area contributed by atoms with Crippen LogP contribution in [0.15, 0.2) is 4.47 Å². The van der Waals surface area contributed by atoms with Crippen molar-refractivity contribution in [3.63, 3.8) is 0 Å². The third-order valence-electron chi connectivity index (χ3n) is 3.71. The Hall–Kier alpha value is -1.09. The Balaban J connectivity index is 2.02. The Labute approximate surface area is 140 Å². The zero-order chi connectivity index (χ0) is 17.4. The van der Waals surface area contributed by atoms with Crippen LogP contribution in [0.3, 0.4) is 0 Å². The van der Waals surface area contributed by atoms with Crippen molar-refractivity contribution in [2.45, 2.75) is 52.1 Å². The van der Waals surface area contributed by atoms with E-state index in [1.165, 1.54) is 11.6 Å². The summed E-state index contributed by atoms with van der Waals surface area (Å²) in [6.07, 6.45) is -4.50. The zero-order valence-corrected chi connectivity index (χ0v) is 14.7. The number of morpholine rings is 1. The van der Waals surface area contributed by atoms with Crippen LogP contribution in [-0.4, -0.2) is 45.9 Å². The number of alkyl halides is 3. The van der Waals surface area contributed by atoms with Gasteiger partial charge in [0.1, 0.15) is 0 Å². The van der Waals surface area contributed by atoms with Gasteiger partial charge in [0.15, 0.2) is 5.69 Å². The number of carbonyl (C=O) groups is 1. The number of nitrogens with zero attached hydrogens (tertiary/aromatic N) is 3. The minimum absolute atomic E-state index is 0.0416. The third kappa shape index (κ3) is 4.26. The molecule has 0 N–H and O–H groups in total. The molecule has 1 aliphatic rings. The van der Waals surface area contributed by atoms with Crippen LogP contribution in [0.1, 0.15) is 31.7 Å². The number of hydrogen-bond acceptors (Lipinski definition) is 3.